The van der Waals surface area contributed by atoms with Crippen molar-refractivity contribution in [2.45, 2.75) is 95.9 Å². The normalized spacial score (nSPS) is 13.7. The number of benzene rings is 1. The summed E-state index contributed by atoms with van der Waals surface area (Å²) in [5.74, 6) is -6.95. The lowest BCUT2D eigenvalue weighted by molar-refractivity contribution is -0.141. The van der Waals surface area contributed by atoms with Crippen LogP contribution in [0.1, 0.15) is 64.9 Å². The molecule has 0 aliphatic carbocycles. The molecule has 1 aromatic rings. The number of carbonyl (C=O) groups excluding carboxylic acids is 6. The van der Waals surface area contributed by atoms with E-state index in [4.69, 9.17) is 22.9 Å². The van der Waals surface area contributed by atoms with Crippen LogP contribution in [0.15, 0.2) is 29.3 Å². The summed E-state index contributed by atoms with van der Waals surface area (Å²) in [5, 5.41) is 31.5. The number of carbonyl (C=O) groups is 7. The molecular formula is C32H52N10O9. The highest BCUT2D eigenvalue weighted by molar-refractivity contribution is 5.97. The third-order valence-corrected chi connectivity index (χ3v) is 7.51. The largest absolute Gasteiger partial charge is 0.508 e. The van der Waals surface area contributed by atoms with Crippen LogP contribution in [0.3, 0.4) is 0 Å². The Morgan fingerprint density at radius 3 is 1.76 bits per heavy atom. The number of aliphatic carboxylic acids is 1. The van der Waals surface area contributed by atoms with E-state index >= 15 is 0 Å². The zero-order valence-electron chi connectivity index (χ0n) is 29.1. The van der Waals surface area contributed by atoms with Crippen molar-refractivity contribution in [2.24, 2.45) is 33.8 Å². The third kappa shape index (κ3) is 17.2. The number of nitrogens with zero attached hydrogens (tertiary/aromatic N) is 1. The Morgan fingerprint density at radius 1 is 0.725 bits per heavy atom. The average Bonchev–Trinajstić information content (AvgIpc) is 3.03. The summed E-state index contributed by atoms with van der Waals surface area (Å²) in [4.78, 5) is 93.1. The second-order valence-corrected chi connectivity index (χ2v) is 12.3. The zero-order valence-corrected chi connectivity index (χ0v) is 29.1. The maximum absolute atomic E-state index is 13.5. The van der Waals surface area contributed by atoms with E-state index in [1.165, 1.54) is 19.1 Å². The summed E-state index contributed by atoms with van der Waals surface area (Å²) in [7, 11) is 0. The minimum atomic E-state index is -1.69. The number of primary amides is 1. The fourth-order valence-corrected chi connectivity index (χ4v) is 4.85. The molecule has 0 radical (unpaired) electrons. The highest BCUT2D eigenvalue weighted by Gasteiger charge is 2.34. The number of guanidine groups is 1. The number of hydrogen-bond donors (Lipinski definition) is 11. The van der Waals surface area contributed by atoms with Crippen LogP contribution in [-0.2, 0) is 40.0 Å². The molecule has 19 nitrogen and oxygen atoms in total. The Hall–Kier alpha value is -5.46. The van der Waals surface area contributed by atoms with E-state index in [2.05, 4.69) is 31.6 Å². The first-order valence-corrected chi connectivity index (χ1v) is 16.5. The summed E-state index contributed by atoms with van der Waals surface area (Å²) >= 11 is 0. The first-order chi connectivity index (χ1) is 23.9. The molecule has 0 bridgehead atoms. The summed E-state index contributed by atoms with van der Waals surface area (Å²) in [6.07, 6.45) is 0.447. The highest BCUT2D eigenvalue weighted by atomic mass is 16.4. The molecule has 0 heterocycles. The van der Waals surface area contributed by atoms with Gasteiger partial charge in [-0.15, -0.1) is 0 Å². The molecule has 51 heavy (non-hydrogen) atoms. The van der Waals surface area contributed by atoms with Crippen LogP contribution in [0.2, 0.25) is 0 Å². The molecule has 1 aromatic carbocycles. The average molecular weight is 721 g/mol. The smallest absolute Gasteiger partial charge is 0.305 e. The van der Waals surface area contributed by atoms with Gasteiger partial charge >= 0.3 is 5.97 Å². The van der Waals surface area contributed by atoms with E-state index in [-0.39, 0.29) is 44.1 Å². The highest BCUT2D eigenvalue weighted by Crippen LogP contribution is 2.12. The number of aliphatic imine (C=N–C) groups is 1. The van der Waals surface area contributed by atoms with Gasteiger partial charge in [-0.1, -0.05) is 26.0 Å². The van der Waals surface area contributed by atoms with E-state index in [0.717, 1.165) is 0 Å². The minimum absolute atomic E-state index is 0.00145. The molecular weight excluding hydrogens is 668 g/mol. The zero-order chi connectivity index (χ0) is 38.7. The third-order valence-electron chi connectivity index (χ3n) is 7.51. The number of phenolic OH excluding ortho intramolecular Hbond substituents is 1. The second-order valence-electron chi connectivity index (χ2n) is 12.3. The van der Waals surface area contributed by atoms with E-state index in [1.54, 1.807) is 26.0 Å². The van der Waals surface area contributed by atoms with Gasteiger partial charge in [0.1, 0.15) is 36.0 Å². The van der Waals surface area contributed by atoms with Crippen LogP contribution in [0.25, 0.3) is 0 Å². The van der Waals surface area contributed by atoms with Gasteiger partial charge in [0, 0.05) is 19.9 Å². The molecule has 1 rings (SSSR count). The topological polar surface area (TPSA) is 337 Å². The van der Waals surface area contributed by atoms with Gasteiger partial charge in [-0.05, 0) is 62.3 Å². The number of hydrogen-bond acceptors (Lipinski definition) is 10. The van der Waals surface area contributed by atoms with Crippen molar-refractivity contribution >= 4 is 47.4 Å². The number of carboxylic acids is 1. The molecule has 0 saturated heterocycles. The predicted octanol–water partition coefficient (Wildman–Crippen LogP) is -2.82. The SMILES string of the molecule is CC(=O)N[C@@H](CCCN=C(N)N)C(=O)N[C@@H](CCCCN)C(=O)N[C@@H](CC(=O)O)C(=O)N[C@H](C(=O)N[C@@H](Cc1ccc(O)cc1)C(N)=O)C(C)C. The Bertz CT molecular complexity index is 1380. The van der Waals surface area contributed by atoms with Gasteiger partial charge in [0.15, 0.2) is 5.96 Å². The first-order valence-electron chi connectivity index (χ1n) is 16.5. The van der Waals surface area contributed by atoms with Gasteiger partial charge < -0.3 is 59.7 Å². The summed E-state index contributed by atoms with van der Waals surface area (Å²) in [5.41, 5.74) is 22.3. The van der Waals surface area contributed by atoms with Crippen molar-refractivity contribution in [3.05, 3.63) is 29.8 Å². The number of aromatic hydroxyl groups is 1. The van der Waals surface area contributed by atoms with Gasteiger partial charge in [0.2, 0.25) is 35.4 Å². The molecule has 0 unspecified atom stereocenters. The number of rotatable bonds is 23. The molecule has 0 spiro atoms. The van der Waals surface area contributed by atoms with E-state index in [0.29, 0.717) is 24.8 Å². The molecule has 19 heteroatoms. The lowest BCUT2D eigenvalue weighted by atomic mass is 10.00. The fraction of sp³-hybridized carbons (Fsp3) is 0.562. The molecule has 15 N–H and O–H groups in total. The number of unbranched alkanes of at least 4 members (excludes halogenated alkanes) is 1. The summed E-state index contributed by atoms with van der Waals surface area (Å²) in [6, 6.07) is -0.617. The quantitative estimate of drug-likeness (QED) is 0.0310. The van der Waals surface area contributed by atoms with Gasteiger partial charge in [-0.2, -0.15) is 0 Å². The number of phenols is 1. The van der Waals surface area contributed by atoms with Crippen molar-refractivity contribution in [3.8, 4) is 5.75 Å². The van der Waals surface area contributed by atoms with Crippen LogP contribution in [0, 0.1) is 5.92 Å². The van der Waals surface area contributed by atoms with Crippen LogP contribution in [-0.4, -0.2) is 101 Å². The van der Waals surface area contributed by atoms with Crippen LogP contribution in [0.4, 0.5) is 0 Å². The standard InChI is InChI=1S/C32H52N10O9/c1-17(2)26(31(51)40-23(27(34)47)15-19-9-11-20(44)12-10-19)42-30(50)24(16-25(45)46)41-29(49)22(7-4-5-13-33)39-28(48)21(38-18(3)43)8-6-14-37-32(35)36/h9-12,17,21-24,26,44H,4-8,13-16,33H2,1-3H3,(H2,34,47)(H,38,43)(H,39,48)(H,40,51)(H,41,49)(H,42,50)(H,45,46)(H4,35,36,37)/t21-,22-,23-,24-,26-/m0/s1. The van der Waals surface area contributed by atoms with Crippen LogP contribution >= 0.6 is 0 Å². The van der Waals surface area contributed by atoms with Gasteiger partial charge in [-0.25, -0.2) is 0 Å². The number of amides is 6. The van der Waals surface area contributed by atoms with Gasteiger partial charge in [-0.3, -0.25) is 38.6 Å². The second kappa shape index (κ2) is 22.3. The first kappa shape index (κ1) is 43.6. The number of carboxylic acid groups (broad SMARTS) is 1. The maximum atomic E-state index is 13.5. The van der Waals surface area contributed by atoms with E-state index in [9.17, 15) is 43.8 Å². The summed E-state index contributed by atoms with van der Waals surface area (Å²) in [6.45, 7) is 4.87. The molecule has 284 valence electrons. The number of nitrogens with one attached hydrogen (secondary N) is 5. The van der Waals surface area contributed by atoms with Crippen molar-refractivity contribution in [2.75, 3.05) is 13.1 Å². The Kier molecular flexibility index (Phi) is 19.0. The lowest BCUT2D eigenvalue weighted by Gasteiger charge is -2.28. The Morgan fingerprint density at radius 2 is 1.25 bits per heavy atom. The molecule has 6 amide bonds. The van der Waals surface area contributed by atoms with Gasteiger partial charge in [0.25, 0.3) is 0 Å². The molecule has 0 aliphatic heterocycles. The Balaban J connectivity index is 3.18. The predicted molar refractivity (Wildman–Crippen MR) is 186 cm³/mol. The molecule has 0 fully saturated rings. The van der Waals surface area contributed by atoms with E-state index in [1.807, 2.05) is 0 Å². The maximum Gasteiger partial charge on any atom is 0.305 e. The van der Waals surface area contributed by atoms with Crippen LogP contribution in [0.5, 0.6) is 5.75 Å². The number of nitrogens with two attached hydrogens (primary N) is 4. The lowest BCUT2D eigenvalue weighted by Crippen LogP contribution is -2.60. The van der Waals surface area contributed by atoms with Crippen molar-refractivity contribution in [3.63, 3.8) is 0 Å². The molecule has 0 saturated carbocycles. The fourth-order valence-electron chi connectivity index (χ4n) is 4.85. The minimum Gasteiger partial charge on any atom is -0.508 e. The Labute approximate surface area is 296 Å². The van der Waals surface area contributed by atoms with Crippen LogP contribution < -0.4 is 49.5 Å². The van der Waals surface area contributed by atoms with Crippen molar-refractivity contribution in [1.29, 1.82) is 0 Å². The molecule has 5 atom stereocenters. The van der Waals surface area contributed by atoms with Crippen molar-refractivity contribution < 1.29 is 43.8 Å². The van der Waals surface area contributed by atoms with Crippen molar-refractivity contribution in [1.82, 2.24) is 26.6 Å². The summed E-state index contributed by atoms with van der Waals surface area (Å²) < 4.78 is 0. The molecule has 0 aromatic heterocycles. The molecule has 0 aliphatic rings. The van der Waals surface area contributed by atoms with E-state index < -0.39 is 84.0 Å². The monoisotopic (exact) mass is 720 g/mol. The van der Waals surface area contributed by atoms with Gasteiger partial charge in [0.05, 0.1) is 6.42 Å².